The fourth-order valence-electron chi connectivity index (χ4n) is 3.53. The Bertz CT molecular complexity index is 1320. The van der Waals surface area contributed by atoms with Gasteiger partial charge in [0.1, 0.15) is 11.2 Å². The number of amides is 1. The number of rotatable bonds is 5. The Hall–Kier alpha value is -3.53. The van der Waals surface area contributed by atoms with Gasteiger partial charge in [0, 0.05) is 18.4 Å². The molecule has 5 rings (SSSR count). The number of halogens is 1. The zero-order valence-corrected chi connectivity index (χ0v) is 17.1. The lowest BCUT2D eigenvalue weighted by atomic mass is 10.2. The fraction of sp³-hybridized carbons (Fsp3) is 0.190. The molecule has 0 saturated heterocycles. The second-order valence-electron chi connectivity index (χ2n) is 7.11. The van der Waals surface area contributed by atoms with Crippen LogP contribution in [0.4, 0.5) is 4.39 Å². The van der Waals surface area contributed by atoms with Gasteiger partial charge in [-0.3, -0.25) is 19.1 Å². The predicted molar refractivity (Wildman–Crippen MR) is 114 cm³/mol. The van der Waals surface area contributed by atoms with E-state index in [1.54, 1.807) is 22.9 Å². The number of thioether (sulfide) groups is 1. The zero-order chi connectivity index (χ0) is 21.4. The number of fused-ring (bicyclic) bond motifs is 2. The van der Waals surface area contributed by atoms with E-state index in [2.05, 4.69) is 20.4 Å². The fourth-order valence-corrected chi connectivity index (χ4v) is 4.66. The van der Waals surface area contributed by atoms with E-state index >= 15 is 0 Å². The van der Waals surface area contributed by atoms with E-state index in [4.69, 9.17) is 0 Å². The highest BCUT2D eigenvalue weighted by atomic mass is 32.2. The first-order chi connectivity index (χ1) is 15.1. The van der Waals surface area contributed by atoms with Gasteiger partial charge in [-0.15, -0.1) is 0 Å². The molecule has 1 N–H and O–H groups in total. The largest absolute Gasteiger partial charge is 0.350 e. The number of nitrogens with one attached hydrogen (secondary N) is 1. The summed E-state index contributed by atoms with van der Waals surface area (Å²) in [4.78, 5) is 34.4. The van der Waals surface area contributed by atoms with Crippen LogP contribution >= 0.6 is 11.8 Å². The lowest BCUT2D eigenvalue weighted by Crippen LogP contribution is -2.30. The maximum absolute atomic E-state index is 13.2. The normalized spacial score (nSPS) is 15.2. The van der Waals surface area contributed by atoms with Crippen molar-refractivity contribution in [2.24, 2.45) is 0 Å². The molecule has 0 bridgehead atoms. The Morgan fingerprint density at radius 3 is 2.84 bits per heavy atom. The van der Waals surface area contributed by atoms with Crippen molar-refractivity contribution in [3.63, 3.8) is 0 Å². The average molecular weight is 436 g/mol. The lowest BCUT2D eigenvalue weighted by Gasteiger charge is -2.13. The minimum Gasteiger partial charge on any atom is -0.350 e. The number of benzene rings is 1. The van der Waals surface area contributed by atoms with Crippen LogP contribution in [-0.2, 0) is 11.3 Å². The van der Waals surface area contributed by atoms with Gasteiger partial charge >= 0.3 is 0 Å². The Balaban J connectivity index is 1.39. The summed E-state index contributed by atoms with van der Waals surface area (Å²) in [5.41, 5.74) is 1.56. The molecule has 1 aliphatic heterocycles. The molecule has 3 aromatic heterocycles. The van der Waals surface area contributed by atoms with Crippen molar-refractivity contribution in [2.45, 2.75) is 24.2 Å². The van der Waals surface area contributed by atoms with Crippen molar-refractivity contribution in [1.82, 2.24) is 29.6 Å². The van der Waals surface area contributed by atoms with Crippen LogP contribution in [-0.4, -0.2) is 36.0 Å². The molecule has 1 aromatic carbocycles. The summed E-state index contributed by atoms with van der Waals surface area (Å²) >= 11 is 1.43. The number of carbonyl (C=O) groups is 1. The van der Waals surface area contributed by atoms with Gasteiger partial charge in [0.05, 0.1) is 30.2 Å². The molecule has 1 unspecified atom stereocenters. The van der Waals surface area contributed by atoms with E-state index < -0.39 is 0 Å². The molecule has 0 spiro atoms. The maximum atomic E-state index is 13.2. The van der Waals surface area contributed by atoms with Crippen molar-refractivity contribution in [1.29, 1.82) is 0 Å². The number of aromatic nitrogens is 5. The summed E-state index contributed by atoms with van der Waals surface area (Å²) in [6.07, 6.45) is 3.31. The number of pyridine rings is 1. The summed E-state index contributed by atoms with van der Waals surface area (Å²) < 4.78 is 16.3. The summed E-state index contributed by atoms with van der Waals surface area (Å²) in [7, 11) is 0. The van der Waals surface area contributed by atoms with Gasteiger partial charge in [0.2, 0.25) is 5.91 Å². The van der Waals surface area contributed by atoms with Gasteiger partial charge in [0.25, 0.3) is 5.56 Å². The molecule has 4 heterocycles. The van der Waals surface area contributed by atoms with Crippen LogP contribution in [0, 0.1) is 5.82 Å². The van der Waals surface area contributed by atoms with E-state index in [0.717, 1.165) is 5.69 Å². The molecular formula is C21H17FN6O2S. The molecular weight excluding hydrogens is 419 g/mol. The van der Waals surface area contributed by atoms with E-state index in [1.165, 1.54) is 34.8 Å². The summed E-state index contributed by atoms with van der Waals surface area (Å²) in [5, 5.41) is 8.02. The summed E-state index contributed by atoms with van der Waals surface area (Å²) in [6, 6.07) is 11.0. The number of nitrogens with zero attached hydrogens (tertiary/aromatic N) is 5. The molecule has 1 atom stereocenters. The zero-order valence-electron chi connectivity index (χ0n) is 16.2. The molecule has 31 heavy (non-hydrogen) atoms. The Kier molecular flexibility index (Phi) is 4.99. The van der Waals surface area contributed by atoms with Crippen molar-refractivity contribution in [3.8, 4) is 5.69 Å². The van der Waals surface area contributed by atoms with Crippen LogP contribution in [0.1, 0.15) is 18.2 Å². The minimum atomic E-state index is -0.353. The quantitative estimate of drug-likeness (QED) is 0.483. The maximum Gasteiger partial charge on any atom is 0.265 e. The van der Waals surface area contributed by atoms with E-state index in [9.17, 15) is 14.0 Å². The third-order valence-corrected chi connectivity index (χ3v) is 6.15. The standard InChI is InChI=1S/C21H17FN6O2S/c22-13-4-6-15(7-5-13)28-19-17(11-25-28)20(30)27-16(12-31-21(27)26-19)9-18(29)24-10-14-3-1-2-8-23-14/h1-8,11,16H,9-10,12H2,(H,24,29). The Morgan fingerprint density at radius 1 is 1.23 bits per heavy atom. The molecule has 0 aliphatic carbocycles. The topological polar surface area (TPSA) is 94.7 Å². The van der Waals surface area contributed by atoms with Gasteiger partial charge in [-0.1, -0.05) is 17.8 Å². The minimum absolute atomic E-state index is 0.155. The first-order valence-corrected chi connectivity index (χ1v) is 10.6. The molecule has 0 fully saturated rings. The van der Waals surface area contributed by atoms with Gasteiger partial charge < -0.3 is 5.32 Å². The molecule has 0 saturated carbocycles. The first kappa shape index (κ1) is 19.4. The molecule has 4 aromatic rings. The van der Waals surface area contributed by atoms with Crippen LogP contribution in [0.15, 0.2) is 64.8 Å². The molecule has 156 valence electrons. The number of hydrogen-bond donors (Lipinski definition) is 1. The summed E-state index contributed by atoms with van der Waals surface area (Å²) in [6.45, 7) is 0.336. The SMILES string of the molecule is O=C(CC1CSc2nc3c(cnn3-c3ccc(F)cc3)c(=O)n21)NCc1ccccn1. The molecule has 1 aliphatic rings. The second-order valence-corrected chi connectivity index (χ2v) is 8.09. The van der Waals surface area contributed by atoms with Crippen LogP contribution in [0.25, 0.3) is 16.7 Å². The van der Waals surface area contributed by atoms with E-state index in [-0.39, 0.29) is 29.7 Å². The van der Waals surface area contributed by atoms with Crippen molar-refractivity contribution >= 4 is 28.7 Å². The van der Waals surface area contributed by atoms with Crippen LogP contribution in [0.5, 0.6) is 0 Å². The summed E-state index contributed by atoms with van der Waals surface area (Å²) in [5.74, 6) is 0.0718. The smallest absolute Gasteiger partial charge is 0.265 e. The van der Waals surface area contributed by atoms with Gasteiger partial charge in [-0.25, -0.2) is 14.1 Å². The number of hydrogen-bond acceptors (Lipinski definition) is 6. The lowest BCUT2D eigenvalue weighted by molar-refractivity contribution is -0.121. The van der Waals surface area contributed by atoms with E-state index in [0.29, 0.717) is 34.2 Å². The molecule has 0 radical (unpaired) electrons. The Labute approximate surface area is 180 Å². The second kappa shape index (κ2) is 7.95. The highest BCUT2D eigenvalue weighted by Crippen LogP contribution is 2.33. The van der Waals surface area contributed by atoms with E-state index in [1.807, 2.05) is 18.2 Å². The van der Waals surface area contributed by atoms with Crippen molar-refractivity contribution < 1.29 is 9.18 Å². The van der Waals surface area contributed by atoms with Crippen molar-refractivity contribution in [3.05, 3.63) is 76.7 Å². The first-order valence-electron chi connectivity index (χ1n) is 9.66. The molecule has 10 heteroatoms. The van der Waals surface area contributed by atoms with Gasteiger partial charge in [-0.2, -0.15) is 5.10 Å². The molecule has 8 nitrogen and oxygen atoms in total. The average Bonchev–Trinajstić information content (AvgIpc) is 3.39. The highest BCUT2D eigenvalue weighted by Gasteiger charge is 2.29. The van der Waals surface area contributed by atoms with Crippen LogP contribution < -0.4 is 10.9 Å². The van der Waals surface area contributed by atoms with Gasteiger partial charge in [-0.05, 0) is 36.4 Å². The van der Waals surface area contributed by atoms with Crippen molar-refractivity contribution in [2.75, 3.05) is 5.75 Å². The predicted octanol–water partition coefficient (Wildman–Crippen LogP) is 2.47. The van der Waals surface area contributed by atoms with Gasteiger partial charge in [0.15, 0.2) is 10.8 Å². The Morgan fingerprint density at radius 2 is 2.06 bits per heavy atom. The monoisotopic (exact) mass is 436 g/mol. The van der Waals surface area contributed by atoms with Crippen LogP contribution in [0.2, 0.25) is 0 Å². The van der Waals surface area contributed by atoms with Crippen LogP contribution in [0.3, 0.4) is 0 Å². The number of carbonyl (C=O) groups excluding carboxylic acids is 1. The third-order valence-electron chi connectivity index (χ3n) is 5.06. The third kappa shape index (κ3) is 3.70. The highest BCUT2D eigenvalue weighted by molar-refractivity contribution is 7.99. The molecule has 1 amide bonds.